The third-order valence-corrected chi connectivity index (χ3v) is 2.78. The Bertz CT molecular complexity index is 382. The number of nitrogens with two attached hydrogens (primary N) is 1. The Kier molecular flexibility index (Phi) is 3.99. The summed E-state index contributed by atoms with van der Waals surface area (Å²) in [6.07, 6.45) is 2.08. The average molecular weight is 248 g/mol. The van der Waals surface area contributed by atoms with Crippen molar-refractivity contribution in [3.8, 4) is 11.5 Å². The van der Waals surface area contributed by atoms with Crippen molar-refractivity contribution >= 4 is 12.4 Å². The molecule has 3 nitrogen and oxygen atoms in total. The minimum atomic E-state index is -0.434. The molecule has 1 aromatic carbocycles. The number of hydrogen-bond donors (Lipinski definition) is 2. The van der Waals surface area contributed by atoms with Crippen molar-refractivity contribution in [2.24, 2.45) is 11.7 Å². The number of phenolic OH excluding ortho intramolecular Hbond substituents is 1. The first-order chi connectivity index (χ1) is 7.13. The zero-order valence-electron chi connectivity index (χ0n) is 8.94. The van der Waals surface area contributed by atoms with Crippen molar-refractivity contribution in [1.29, 1.82) is 0 Å². The number of benzene rings is 1. The van der Waals surface area contributed by atoms with Gasteiger partial charge in [-0.3, -0.25) is 0 Å². The van der Waals surface area contributed by atoms with E-state index in [9.17, 15) is 9.50 Å². The van der Waals surface area contributed by atoms with Gasteiger partial charge >= 0.3 is 0 Å². The number of rotatable bonds is 3. The summed E-state index contributed by atoms with van der Waals surface area (Å²) in [6.45, 7) is 0. The molecule has 0 radical (unpaired) electrons. The van der Waals surface area contributed by atoms with Gasteiger partial charge in [0.15, 0.2) is 11.5 Å². The summed E-state index contributed by atoms with van der Waals surface area (Å²) in [7, 11) is 1.39. The van der Waals surface area contributed by atoms with E-state index in [1.807, 2.05) is 0 Å². The molecule has 0 heterocycles. The molecule has 0 aliphatic heterocycles. The summed E-state index contributed by atoms with van der Waals surface area (Å²) < 4.78 is 18.1. The van der Waals surface area contributed by atoms with Crippen LogP contribution in [0.3, 0.4) is 0 Å². The van der Waals surface area contributed by atoms with Gasteiger partial charge < -0.3 is 15.6 Å². The molecule has 0 amide bonds. The van der Waals surface area contributed by atoms with Gasteiger partial charge in [-0.05, 0) is 24.8 Å². The Morgan fingerprint density at radius 1 is 1.50 bits per heavy atom. The van der Waals surface area contributed by atoms with E-state index >= 15 is 0 Å². The maximum atomic E-state index is 13.2. The number of phenols is 1. The van der Waals surface area contributed by atoms with Gasteiger partial charge in [-0.15, -0.1) is 12.4 Å². The van der Waals surface area contributed by atoms with Crippen LogP contribution in [0.15, 0.2) is 12.1 Å². The normalized spacial score (nSPS) is 16.4. The molecule has 0 unspecified atom stereocenters. The molecule has 1 saturated carbocycles. The molecule has 2 rings (SSSR count). The summed E-state index contributed by atoms with van der Waals surface area (Å²) in [5, 5.41) is 9.79. The van der Waals surface area contributed by atoms with Crippen LogP contribution in [0, 0.1) is 11.7 Å². The zero-order chi connectivity index (χ0) is 11.0. The van der Waals surface area contributed by atoms with E-state index in [2.05, 4.69) is 0 Å². The van der Waals surface area contributed by atoms with Crippen molar-refractivity contribution in [1.82, 2.24) is 0 Å². The van der Waals surface area contributed by atoms with Crippen LogP contribution < -0.4 is 10.5 Å². The lowest BCUT2D eigenvalue weighted by Crippen LogP contribution is -2.13. The third kappa shape index (κ3) is 2.39. The topological polar surface area (TPSA) is 55.5 Å². The second-order valence-corrected chi connectivity index (χ2v) is 3.91. The molecular weight excluding hydrogens is 233 g/mol. The standard InChI is InChI=1S/C11H14FNO2.ClH/c1-15-9-5-7(12)4-8(11(9)14)10(13)6-2-3-6;/h4-6,10,14H,2-3,13H2,1H3;1H/t10-;/m1./s1. The summed E-state index contributed by atoms with van der Waals surface area (Å²) in [4.78, 5) is 0. The quantitative estimate of drug-likeness (QED) is 0.862. The summed E-state index contributed by atoms with van der Waals surface area (Å²) in [5.41, 5.74) is 6.35. The first kappa shape index (κ1) is 13.1. The van der Waals surface area contributed by atoms with E-state index < -0.39 is 5.82 Å². The molecule has 1 aromatic rings. The van der Waals surface area contributed by atoms with Gasteiger partial charge in [0.25, 0.3) is 0 Å². The van der Waals surface area contributed by atoms with Gasteiger partial charge in [0.1, 0.15) is 5.82 Å². The molecule has 1 atom stereocenters. The van der Waals surface area contributed by atoms with Gasteiger partial charge in [-0.2, -0.15) is 0 Å². The van der Waals surface area contributed by atoms with Gasteiger partial charge in [0.05, 0.1) is 7.11 Å². The van der Waals surface area contributed by atoms with Crippen LogP contribution in [0.25, 0.3) is 0 Å². The van der Waals surface area contributed by atoms with Crippen LogP contribution in [-0.2, 0) is 0 Å². The van der Waals surface area contributed by atoms with Gasteiger partial charge in [-0.1, -0.05) is 0 Å². The predicted octanol–water partition coefficient (Wildman–Crippen LogP) is 2.37. The van der Waals surface area contributed by atoms with Crippen LogP contribution in [0.2, 0.25) is 0 Å². The lowest BCUT2D eigenvalue weighted by molar-refractivity contribution is 0.363. The molecule has 0 aromatic heterocycles. The predicted molar refractivity (Wildman–Crippen MR) is 61.5 cm³/mol. The molecule has 1 fully saturated rings. The van der Waals surface area contributed by atoms with E-state index in [0.717, 1.165) is 18.9 Å². The first-order valence-electron chi connectivity index (χ1n) is 4.95. The second kappa shape index (κ2) is 4.89. The van der Waals surface area contributed by atoms with E-state index in [4.69, 9.17) is 10.5 Å². The van der Waals surface area contributed by atoms with Crippen LogP contribution in [-0.4, -0.2) is 12.2 Å². The first-order valence-corrected chi connectivity index (χ1v) is 4.95. The molecule has 0 spiro atoms. The smallest absolute Gasteiger partial charge is 0.163 e. The Balaban J connectivity index is 0.00000128. The summed E-state index contributed by atoms with van der Waals surface area (Å²) in [5.74, 6) is 0.0255. The molecule has 1 aliphatic carbocycles. The maximum absolute atomic E-state index is 13.2. The number of ether oxygens (including phenoxy) is 1. The Labute approximate surface area is 99.8 Å². The minimum absolute atomic E-state index is 0. The molecule has 0 saturated heterocycles. The number of methoxy groups -OCH3 is 1. The SMILES string of the molecule is COc1cc(F)cc([C@H](N)C2CC2)c1O.Cl. The van der Waals surface area contributed by atoms with Crippen LogP contribution in [0.1, 0.15) is 24.4 Å². The van der Waals surface area contributed by atoms with E-state index in [1.165, 1.54) is 13.2 Å². The second-order valence-electron chi connectivity index (χ2n) is 3.91. The number of aromatic hydroxyl groups is 1. The molecule has 5 heteroatoms. The minimum Gasteiger partial charge on any atom is -0.504 e. The van der Waals surface area contributed by atoms with Gasteiger partial charge in [0.2, 0.25) is 0 Å². The van der Waals surface area contributed by atoms with Crippen molar-refractivity contribution in [3.05, 3.63) is 23.5 Å². The van der Waals surface area contributed by atoms with Crippen molar-refractivity contribution < 1.29 is 14.2 Å². The number of hydrogen-bond acceptors (Lipinski definition) is 3. The molecule has 3 N–H and O–H groups in total. The fraction of sp³-hybridized carbons (Fsp3) is 0.455. The highest BCUT2D eigenvalue weighted by molar-refractivity contribution is 5.85. The molecule has 16 heavy (non-hydrogen) atoms. The molecule has 0 bridgehead atoms. The van der Waals surface area contributed by atoms with Crippen molar-refractivity contribution in [2.45, 2.75) is 18.9 Å². The summed E-state index contributed by atoms with van der Waals surface area (Å²) >= 11 is 0. The van der Waals surface area contributed by atoms with E-state index in [1.54, 1.807) is 0 Å². The monoisotopic (exact) mass is 247 g/mol. The Morgan fingerprint density at radius 2 is 2.12 bits per heavy atom. The Morgan fingerprint density at radius 3 is 2.62 bits per heavy atom. The summed E-state index contributed by atoms with van der Waals surface area (Å²) in [6, 6.07) is 2.13. The third-order valence-electron chi connectivity index (χ3n) is 2.78. The van der Waals surface area contributed by atoms with E-state index in [0.29, 0.717) is 11.5 Å². The maximum Gasteiger partial charge on any atom is 0.163 e. The van der Waals surface area contributed by atoms with Crippen LogP contribution >= 0.6 is 12.4 Å². The van der Waals surface area contributed by atoms with E-state index in [-0.39, 0.29) is 29.9 Å². The highest BCUT2D eigenvalue weighted by Gasteiger charge is 2.32. The Hall–Kier alpha value is -1.00. The van der Waals surface area contributed by atoms with Crippen LogP contribution in [0.4, 0.5) is 4.39 Å². The van der Waals surface area contributed by atoms with Crippen molar-refractivity contribution in [3.63, 3.8) is 0 Å². The van der Waals surface area contributed by atoms with Gasteiger partial charge in [0, 0.05) is 17.7 Å². The zero-order valence-corrected chi connectivity index (χ0v) is 9.76. The number of halogens is 2. The molecule has 1 aliphatic rings. The lowest BCUT2D eigenvalue weighted by Gasteiger charge is -2.14. The van der Waals surface area contributed by atoms with Crippen LogP contribution in [0.5, 0.6) is 11.5 Å². The molecular formula is C11H15ClFNO2. The lowest BCUT2D eigenvalue weighted by atomic mass is 10.0. The van der Waals surface area contributed by atoms with Gasteiger partial charge in [-0.25, -0.2) is 4.39 Å². The highest BCUT2D eigenvalue weighted by Crippen LogP contribution is 2.44. The average Bonchev–Trinajstić information content (AvgIpc) is 3.03. The largest absolute Gasteiger partial charge is 0.504 e. The highest BCUT2D eigenvalue weighted by atomic mass is 35.5. The van der Waals surface area contributed by atoms with Crippen molar-refractivity contribution in [2.75, 3.05) is 7.11 Å². The fourth-order valence-electron chi connectivity index (χ4n) is 1.71. The molecule has 90 valence electrons. The fourth-order valence-corrected chi connectivity index (χ4v) is 1.71.